The summed E-state index contributed by atoms with van der Waals surface area (Å²) < 4.78 is 0. The maximum absolute atomic E-state index is 10.9. The summed E-state index contributed by atoms with van der Waals surface area (Å²) in [5.41, 5.74) is 1.20. The predicted octanol–water partition coefficient (Wildman–Crippen LogP) is 3.35. The number of nitrogens with zero attached hydrogens (tertiary/aromatic N) is 2. The van der Waals surface area contributed by atoms with Gasteiger partial charge in [0, 0.05) is 44.4 Å². The van der Waals surface area contributed by atoms with Crippen molar-refractivity contribution in [2.75, 3.05) is 26.2 Å². The molecule has 5 nitrogen and oxygen atoms in total. The van der Waals surface area contributed by atoms with Crippen molar-refractivity contribution in [2.45, 2.75) is 18.9 Å². The van der Waals surface area contributed by atoms with Gasteiger partial charge in [-0.2, -0.15) is 0 Å². The third-order valence-corrected chi connectivity index (χ3v) is 3.70. The van der Waals surface area contributed by atoms with Gasteiger partial charge >= 0.3 is 0 Å². The van der Waals surface area contributed by atoms with Crippen molar-refractivity contribution < 1.29 is 4.92 Å². The van der Waals surface area contributed by atoms with E-state index in [2.05, 4.69) is 16.8 Å². The summed E-state index contributed by atoms with van der Waals surface area (Å²) in [6, 6.07) is 7.25. The molecule has 1 aromatic rings. The number of halogens is 2. The average Bonchev–Trinajstić information content (AvgIpc) is 2.49. The Morgan fingerprint density at radius 3 is 2.64 bits per heavy atom. The van der Waals surface area contributed by atoms with E-state index in [-0.39, 0.29) is 41.5 Å². The Balaban J connectivity index is 0.00000220. The molecule has 1 saturated heterocycles. The van der Waals surface area contributed by atoms with Gasteiger partial charge in [-0.15, -0.1) is 31.4 Å². The van der Waals surface area contributed by atoms with Crippen LogP contribution in [0.25, 0.3) is 0 Å². The minimum Gasteiger partial charge on any atom is -0.314 e. The standard InChI is InChI=1S/C15H21N3O2.2ClH/c1-2-3-7-15(17-10-8-16-9-11-17)13-5-4-6-14(12-13)18(19)20;;/h2,4-6,12,15-16H,1,3,7-11H2;2*1H/t15-;;/m0../s1. The van der Waals surface area contributed by atoms with E-state index in [0.29, 0.717) is 0 Å². The average molecular weight is 348 g/mol. The number of hydrogen-bond donors (Lipinski definition) is 1. The number of nitro benzene ring substituents is 1. The number of nitro groups is 1. The topological polar surface area (TPSA) is 58.4 Å². The fourth-order valence-corrected chi connectivity index (χ4v) is 2.68. The van der Waals surface area contributed by atoms with E-state index in [0.717, 1.165) is 44.6 Å². The third-order valence-electron chi connectivity index (χ3n) is 3.70. The van der Waals surface area contributed by atoms with E-state index in [4.69, 9.17) is 0 Å². The summed E-state index contributed by atoms with van der Waals surface area (Å²) in [5.74, 6) is 0. The van der Waals surface area contributed by atoms with Crippen LogP contribution >= 0.6 is 24.8 Å². The van der Waals surface area contributed by atoms with E-state index in [9.17, 15) is 10.1 Å². The predicted molar refractivity (Wildman–Crippen MR) is 94.2 cm³/mol. The highest BCUT2D eigenvalue weighted by molar-refractivity contribution is 5.85. The number of hydrogen-bond acceptors (Lipinski definition) is 4. The molecule has 124 valence electrons. The Hall–Kier alpha value is -1.14. The molecule has 1 atom stereocenters. The van der Waals surface area contributed by atoms with Crippen molar-refractivity contribution in [3.05, 3.63) is 52.6 Å². The molecule has 0 aliphatic carbocycles. The highest BCUT2D eigenvalue weighted by Crippen LogP contribution is 2.28. The van der Waals surface area contributed by atoms with Crippen LogP contribution in [-0.4, -0.2) is 36.0 Å². The summed E-state index contributed by atoms with van der Waals surface area (Å²) in [7, 11) is 0. The Morgan fingerprint density at radius 2 is 2.05 bits per heavy atom. The maximum Gasteiger partial charge on any atom is 0.269 e. The molecule has 0 bridgehead atoms. The van der Waals surface area contributed by atoms with Crippen molar-refractivity contribution in [1.82, 2.24) is 10.2 Å². The summed E-state index contributed by atoms with van der Waals surface area (Å²) in [6.45, 7) is 7.67. The molecule has 0 radical (unpaired) electrons. The third kappa shape index (κ3) is 5.57. The maximum atomic E-state index is 10.9. The Labute approximate surface area is 143 Å². The molecule has 2 rings (SSSR count). The SMILES string of the molecule is C=CCC[C@@H](c1cccc([N+](=O)[O-])c1)N1CCNCC1.Cl.Cl. The van der Waals surface area contributed by atoms with Gasteiger partial charge in [-0.05, 0) is 18.4 Å². The molecule has 1 heterocycles. The lowest BCUT2D eigenvalue weighted by molar-refractivity contribution is -0.385. The van der Waals surface area contributed by atoms with Crippen molar-refractivity contribution in [3.8, 4) is 0 Å². The second kappa shape index (κ2) is 10.6. The molecular formula is C15H23Cl2N3O2. The molecule has 1 aliphatic rings. The number of rotatable bonds is 6. The number of non-ortho nitro benzene ring substituents is 1. The van der Waals surface area contributed by atoms with Crippen LogP contribution in [0.15, 0.2) is 36.9 Å². The summed E-state index contributed by atoms with van der Waals surface area (Å²) in [6.07, 6.45) is 3.77. The molecule has 1 aliphatic heterocycles. The monoisotopic (exact) mass is 347 g/mol. The van der Waals surface area contributed by atoms with Crippen LogP contribution in [0.3, 0.4) is 0 Å². The van der Waals surface area contributed by atoms with Crippen LogP contribution in [0, 0.1) is 10.1 Å². The molecule has 1 aromatic carbocycles. The van der Waals surface area contributed by atoms with Gasteiger partial charge in [0.25, 0.3) is 5.69 Å². The van der Waals surface area contributed by atoms with Crippen LogP contribution in [0.2, 0.25) is 0 Å². The van der Waals surface area contributed by atoms with Crippen molar-refractivity contribution >= 4 is 30.5 Å². The summed E-state index contributed by atoms with van der Waals surface area (Å²) in [4.78, 5) is 13.0. The van der Waals surface area contributed by atoms with Gasteiger partial charge in [-0.1, -0.05) is 18.2 Å². The number of piperazine rings is 1. The van der Waals surface area contributed by atoms with Crippen molar-refractivity contribution in [1.29, 1.82) is 0 Å². The minimum absolute atomic E-state index is 0. The van der Waals surface area contributed by atoms with Gasteiger partial charge in [0.2, 0.25) is 0 Å². The first kappa shape index (κ1) is 20.9. The van der Waals surface area contributed by atoms with E-state index in [1.54, 1.807) is 18.2 Å². The largest absolute Gasteiger partial charge is 0.314 e. The minimum atomic E-state index is -0.328. The van der Waals surface area contributed by atoms with Crippen LogP contribution in [-0.2, 0) is 0 Å². The zero-order valence-electron chi connectivity index (χ0n) is 12.4. The smallest absolute Gasteiger partial charge is 0.269 e. The Bertz CT molecular complexity index is 480. The first-order valence-corrected chi connectivity index (χ1v) is 7.02. The summed E-state index contributed by atoms with van der Waals surface area (Å²) in [5, 5.41) is 14.3. The van der Waals surface area contributed by atoms with E-state index < -0.39 is 0 Å². The van der Waals surface area contributed by atoms with E-state index in [1.807, 2.05) is 12.1 Å². The first-order valence-electron chi connectivity index (χ1n) is 7.02. The Kier molecular flexibility index (Phi) is 10.0. The summed E-state index contributed by atoms with van der Waals surface area (Å²) >= 11 is 0. The van der Waals surface area contributed by atoms with Gasteiger partial charge in [0.05, 0.1) is 4.92 Å². The van der Waals surface area contributed by atoms with Gasteiger partial charge in [-0.3, -0.25) is 15.0 Å². The molecule has 0 spiro atoms. The lowest BCUT2D eigenvalue weighted by Gasteiger charge is -2.35. The molecule has 0 amide bonds. The van der Waals surface area contributed by atoms with Crippen molar-refractivity contribution in [3.63, 3.8) is 0 Å². The van der Waals surface area contributed by atoms with Crippen LogP contribution in [0.5, 0.6) is 0 Å². The molecule has 7 heteroatoms. The molecule has 1 N–H and O–H groups in total. The van der Waals surface area contributed by atoms with Crippen LogP contribution < -0.4 is 5.32 Å². The number of benzene rings is 1. The number of allylic oxidation sites excluding steroid dienone is 1. The van der Waals surface area contributed by atoms with Crippen LogP contribution in [0.4, 0.5) is 5.69 Å². The lowest BCUT2D eigenvalue weighted by Crippen LogP contribution is -2.45. The van der Waals surface area contributed by atoms with E-state index in [1.165, 1.54) is 0 Å². The zero-order valence-corrected chi connectivity index (χ0v) is 14.1. The van der Waals surface area contributed by atoms with Gasteiger partial charge < -0.3 is 5.32 Å². The van der Waals surface area contributed by atoms with Crippen LogP contribution in [0.1, 0.15) is 24.4 Å². The van der Waals surface area contributed by atoms with Crippen molar-refractivity contribution in [2.24, 2.45) is 0 Å². The Morgan fingerprint density at radius 1 is 1.36 bits per heavy atom. The molecule has 0 unspecified atom stereocenters. The fraction of sp³-hybridized carbons (Fsp3) is 0.467. The van der Waals surface area contributed by atoms with Gasteiger partial charge in [-0.25, -0.2) is 0 Å². The van der Waals surface area contributed by atoms with Gasteiger partial charge in [0.1, 0.15) is 0 Å². The molecule has 0 aromatic heterocycles. The molecule has 0 saturated carbocycles. The molecule has 1 fully saturated rings. The molecule has 22 heavy (non-hydrogen) atoms. The zero-order chi connectivity index (χ0) is 14.4. The second-order valence-electron chi connectivity index (χ2n) is 5.02. The normalized spacial score (nSPS) is 16.0. The van der Waals surface area contributed by atoms with E-state index >= 15 is 0 Å². The second-order valence-corrected chi connectivity index (χ2v) is 5.02. The lowest BCUT2D eigenvalue weighted by atomic mass is 9.99. The quantitative estimate of drug-likeness (QED) is 0.487. The molecular weight excluding hydrogens is 325 g/mol. The highest BCUT2D eigenvalue weighted by Gasteiger charge is 2.22. The van der Waals surface area contributed by atoms with Gasteiger partial charge in [0.15, 0.2) is 0 Å². The number of nitrogens with one attached hydrogen (secondary N) is 1. The first-order chi connectivity index (χ1) is 9.72. The highest BCUT2D eigenvalue weighted by atomic mass is 35.5. The fourth-order valence-electron chi connectivity index (χ4n) is 2.68.